The Balaban J connectivity index is 2.31. The van der Waals surface area contributed by atoms with Gasteiger partial charge in [0, 0.05) is 24.9 Å². The van der Waals surface area contributed by atoms with Crippen LogP contribution >= 0.6 is 0 Å². The van der Waals surface area contributed by atoms with E-state index in [9.17, 15) is 13.2 Å². The van der Waals surface area contributed by atoms with Crippen LogP contribution in [0.15, 0.2) is 47.4 Å². The van der Waals surface area contributed by atoms with E-state index in [0.29, 0.717) is 31.1 Å². The molecule has 6 nitrogen and oxygen atoms in total. The molecule has 26 heavy (non-hydrogen) atoms. The Kier molecular flexibility index (Phi) is 7.41. The smallest absolute Gasteiger partial charge is 0.248 e. The van der Waals surface area contributed by atoms with Gasteiger partial charge < -0.3 is 10.1 Å². The van der Waals surface area contributed by atoms with Crippen LogP contribution in [0.4, 0.5) is 5.69 Å². The van der Waals surface area contributed by atoms with Gasteiger partial charge in [0.1, 0.15) is 10.6 Å². The number of amides is 1. The molecular weight excluding hydrogens is 352 g/mol. The summed E-state index contributed by atoms with van der Waals surface area (Å²) < 4.78 is 33.1. The zero-order valence-electron chi connectivity index (χ0n) is 15.3. The second-order valence-electron chi connectivity index (χ2n) is 5.93. The Morgan fingerprint density at radius 2 is 1.96 bits per heavy atom. The van der Waals surface area contributed by atoms with Crippen molar-refractivity contribution in [2.24, 2.45) is 0 Å². The first kappa shape index (κ1) is 20.2. The van der Waals surface area contributed by atoms with Crippen molar-refractivity contribution < 1.29 is 17.9 Å². The predicted molar refractivity (Wildman–Crippen MR) is 103 cm³/mol. The molecular formula is C19H26N2O4S. The number of piperidine rings is 1. The lowest BCUT2D eigenvalue weighted by Gasteiger charge is -2.26. The van der Waals surface area contributed by atoms with Crippen LogP contribution in [0.2, 0.25) is 0 Å². The number of allylic oxidation sites excluding steroid dienone is 3. The molecule has 1 aliphatic heterocycles. The van der Waals surface area contributed by atoms with Crippen molar-refractivity contribution in [1.82, 2.24) is 4.31 Å². The van der Waals surface area contributed by atoms with Crippen LogP contribution in [0.25, 0.3) is 0 Å². The fourth-order valence-electron chi connectivity index (χ4n) is 2.74. The Morgan fingerprint density at radius 3 is 2.62 bits per heavy atom. The molecule has 0 spiro atoms. The van der Waals surface area contributed by atoms with Gasteiger partial charge in [0.2, 0.25) is 15.9 Å². The van der Waals surface area contributed by atoms with Crippen LogP contribution in [0.1, 0.15) is 33.1 Å². The Labute approximate surface area is 155 Å². The van der Waals surface area contributed by atoms with Gasteiger partial charge in [-0.25, -0.2) is 8.42 Å². The number of benzene rings is 1. The van der Waals surface area contributed by atoms with Crippen LogP contribution in [0.3, 0.4) is 0 Å². The summed E-state index contributed by atoms with van der Waals surface area (Å²) in [6.07, 6.45) is 9.31. The SMILES string of the molecule is C/C=C/C=C/C(=O)Nc1ccc(OCC)c(S(=O)(=O)N2CCCCC2)c1. The van der Waals surface area contributed by atoms with Crippen LogP contribution in [-0.4, -0.2) is 38.3 Å². The van der Waals surface area contributed by atoms with Crippen molar-refractivity contribution >= 4 is 21.6 Å². The molecule has 1 aliphatic rings. The molecule has 1 fully saturated rings. The number of carbonyl (C=O) groups is 1. The van der Waals surface area contributed by atoms with Crippen LogP contribution < -0.4 is 10.1 Å². The molecule has 7 heteroatoms. The topological polar surface area (TPSA) is 75.7 Å². The summed E-state index contributed by atoms with van der Waals surface area (Å²) in [5.74, 6) is -0.0193. The summed E-state index contributed by atoms with van der Waals surface area (Å²) in [5.41, 5.74) is 0.416. The molecule has 0 aromatic heterocycles. The summed E-state index contributed by atoms with van der Waals surface area (Å²) in [7, 11) is -3.67. The average Bonchev–Trinajstić information content (AvgIpc) is 2.64. The summed E-state index contributed by atoms with van der Waals surface area (Å²) in [6, 6.07) is 4.70. The van der Waals surface area contributed by atoms with Crippen molar-refractivity contribution in [2.75, 3.05) is 25.0 Å². The monoisotopic (exact) mass is 378 g/mol. The molecule has 0 bridgehead atoms. The third-order valence-corrected chi connectivity index (χ3v) is 5.91. The molecule has 1 N–H and O–H groups in total. The molecule has 2 rings (SSSR count). The fourth-order valence-corrected chi connectivity index (χ4v) is 4.42. The van der Waals surface area contributed by atoms with E-state index in [1.54, 1.807) is 31.2 Å². The minimum atomic E-state index is -3.67. The number of ether oxygens (including phenoxy) is 1. The van der Waals surface area contributed by atoms with E-state index in [1.165, 1.54) is 16.4 Å². The van der Waals surface area contributed by atoms with Gasteiger partial charge in [-0.1, -0.05) is 24.6 Å². The Hall–Kier alpha value is -2.12. The standard InChI is InChI=1S/C19H26N2O4S/c1-3-5-7-10-19(22)20-16-11-12-17(25-4-2)18(15-16)26(23,24)21-13-8-6-9-14-21/h3,5,7,10-12,15H,4,6,8-9,13-14H2,1-2H3,(H,20,22)/b5-3+,10-7+. The number of hydrogen-bond acceptors (Lipinski definition) is 4. The molecule has 0 aliphatic carbocycles. The highest BCUT2D eigenvalue weighted by Crippen LogP contribution is 2.31. The second kappa shape index (κ2) is 9.54. The third-order valence-electron chi connectivity index (χ3n) is 4.00. The molecule has 0 saturated carbocycles. The van der Waals surface area contributed by atoms with Crippen molar-refractivity contribution in [2.45, 2.75) is 38.0 Å². The highest BCUT2D eigenvalue weighted by molar-refractivity contribution is 7.89. The van der Waals surface area contributed by atoms with Crippen LogP contribution in [-0.2, 0) is 14.8 Å². The number of nitrogens with one attached hydrogen (secondary N) is 1. The molecule has 1 aromatic rings. The first-order valence-electron chi connectivity index (χ1n) is 8.86. The van der Waals surface area contributed by atoms with E-state index in [0.717, 1.165) is 19.3 Å². The average molecular weight is 378 g/mol. The Bertz CT molecular complexity index is 779. The number of hydrogen-bond donors (Lipinski definition) is 1. The molecule has 1 heterocycles. The molecule has 1 saturated heterocycles. The fraction of sp³-hybridized carbons (Fsp3) is 0.421. The molecule has 0 unspecified atom stereocenters. The summed E-state index contributed by atoms with van der Waals surface area (Å²) in [6.45, 7) is 5.04. The first-order chi connectivity index (χ1) is 12.5. The zero-order valence-corrected chi connectivity index (χ0v) is 16.1. The van der Waals surface area contributed by atoms with Gasteiger partial charge >= 0.3 is 0 Å². The van der Waals surface area contributed by atoms with Gasteiger partial charge in [-0.15, -0.1) is 0 Å². The van der Waals surface area contributed by atoms with E-state index in [1.807, 2.05) is 13.0 Å². The first-order valence-corrected chi connectivity index (χ1v) is 10.3. The number of carbonyl (C=O) groups excluding carboxylic acids is 1. The van der Waals surface area contributed by atoms with E-state index >= 15 is 0 Å². The summed E-state index contributed by atoms with van der Waals surface area (Å²) in [4.78, 5) is 12.0. The van der Waals surface area contributed by atoms with Crippen molar-refractivity contribution in [3.05, 3.63) is 42.5 Å². The third kappa shape index (κ3) is 5.19. The van der Waals surface area contributed by atoms with Gasteiger partial charge in [0.15, 0.2) is 0 Å². The lowest BCUT2D eigenvalue weighted by molar-refractivity contribution is -0.111. The van der Waals surface area contributed by atoms with Gasteiger partial charge in [-0.05, 0) is 44.9 Å². The quantitative estimate of drug-likeness (QED) is 0.583. The summed E-state index contributed by atoms with van der Waals surface area (Å²) in [5, 5.41) is 2.69. The predicted octanol–water partition coefficient (Wildman–Crippen LogP) is 3.33. The van der Waals surface area contributed by atoms with Crippen molar-refractivity contribution in [3.63, 3.8) is 0 Å². The van der Waals surface area contributed by atoms with Gasteiger partial charge in [0.05, 0.1) is 6.61 Å². The number of anilines is 1. The van der Waals surface area contributed by atoms with E-state index in [2.05, 4.69) is 5.32 Å². The molecule has 142 valence electrons. The molecule has 0 atom stereocenters. The van der Waals surface area contributed by atoms with E-state index in [4.69, 9.17) is 4.74 Å². The van der Waals surface area contributed by atoms with Gasteiger partial charge in [-0.2, -0.15) is 4.31 Å². The molecule has 1 aromatic carbocycles. The maximum absolute atomic E-state index is 13.0. The van der Waals surface area contributed by atoms with Crippen LogP contribution in [0, 0.1) is 0 Å². The lowest BCUT2D eigenvalue weighted by Crippen LogP contribution is -2.35. The minimum absolute atomic E-state index is 0.0940. The van der Waals surface area contributed by atoms with E-state index in [-0.39, 0.29) is 10.8 Å². The van der Waals surface area contributed by atoms with Gasteiger partial charge in [-0.3, -0.25) is 4.79 Å². The van der Waals surface area contributed by atoms with Crippen molar-refractivity contribution in [1.29, 1.82) is 0 Å². The second-order valence-corrected chi connectivity index (χ2v) is 7.84. The maximum atomic E-state index is 13.0. The Morgan fingerprint density at radius 1 is 1.23 bits per heavy atom. The highest BCUT2D eigenvalue weighted by atomic mass is 32.2. The van der Waals surface area contributed by atoms with Crippen molar-refractivity contribution in [3.8, 4) is 5.75 Å². The number of nitrogens with zero attached hydrogens (tertiary/aromatic N) is 1. The normalized spacial score (nSPS) is 16.2. The lowest BCUT2D eigenvalue weighted by atomic mass is 10.2. The maximum Gasteiger partial charge on any atom is 0.248 e. The largest absolute Gasteiger partial charge is 0.492 e. The summed E-state index contributed by atoms with van der Waals surface area (Å²) >= 11 is 0. The van der Waals surface area contributed by atoms with Gasteiger partial charge in [0.25, 0.3) is 0 Å². The number of rotatable bonds is 7. The zero-order chi connectivity index (χ0) is 19.0. The highest BCUT2D eigenvalue weighted by Gasteiger charge is 2.29. The molecule has 1 amide bonds. The minimum Gasteiger partial charge on any atom is -0.492 e. The van der Waals surface area contributed by atoms with E-state index < -0.39 is 10.0 Å². The number of sulfonamides is 1. The molecule has 0 radical (unpaired) electrons. The van der Waals surface area contributed by atoms with Crippen LogP contribution in [0.5, 0.6) is 5.75 Å².